The summed E-state index contributed by atoms with van der Waals surface area (Å²) < 4.78 is 0. The molecule has 3 rings (SSSR count). The molecule has 3 amide bonds. The molecule has 0 spiro atoms. The Hall–Kier alpha value is -2.04. The first-order valence-electron chi connectivity index (χ1n) is 8.66. The van der Waals surface area contributed by atoms with Gasteiger partial charge in [-0.25, -0.2) is 4.79 Å². The quantitative estimate of drug-likeness (QED) is 0.780. The van der Waals surface area contributed by atoms with Crippen LogP contribution in [0.5, 0.6) is 0 Å². The maximum absolute atomic E-state index is 12.0. The SMILES string of the molecule is O=C(NCC1CCCCC1)Nc1cccc(C(=O)NC2CC2)c1. The number of hydrogen-bond donors (Lipinski definition) is 3. The Morgan fingerprint density at radius 3 is 2.57 bits per heavy atom. The van der Waals surface area contributed by atoms with E-state index in [2.05, 4.69) is 16.0 Å². The minimum atomic E-state index is -0.199. The van der Waals surface area contributed by atoms with E-state index in [0.717, 1.165) is 19.4 Å². The zero-order valence-electron chi connectivity index (χ0n) is 13.4. The summed E-state index contributed by atoms with van der Waals surface area (Å²) in [5.74, 6) is 0.531. The lowest BCUT2D eigenvalue weighted by atomic mass is 9.89. The van der Waals surface area contributed by atoms with Gasteiger partial charge in [0.1, 0.15) is 0 Å². The molecule has 3 N–H and O–H groups in total. The number of nitrogens with one attached hydrogen (secondary N) is 3. The Morgan fingerprint density at radius 1 is 1.04 bits per heavy atom. The molecule has 1 aromatic carbocycles. The summed E-state index contributed by atoms with van der Waals surface area (Å²) in [7, 11) is 0. The number of amides is 3. The third kappa shape index (κ3) is 4.98. The third-order valence-corrected chi connectivity index (χ3v) is 4.57. The van der Waals surface area contributed by atoms with Gasteiger partial charge in [-0.2, -0.15) is 0 Å². The molecule has 2 aliphatic carbocycles. The van der Waals surface area contributed by atoms with Crippen LogP contribution in [0.25, 0.3) is 0 Å². The predicted octanol–water partition coefficient (Wildman–Crippen LogP) is 3.28. The molecule has 0 heterocycles. The van der Waals surface area contributed by atoms with Crippen LogP contribution < -0.4 is 16.0 Å². The Morgan fingerprint density at radius 2 is 1.83 bits per heavy atom. The van der Waals surface area contributed by atoms with E-state index < -0.39 is 0 Å². The van der Waals surface area contributed by atoms with Crippen molar-refractivity contribution in [2.45, 2.75) is 51.0 Å². The van der Waals surface area contributed by atoms with Gasteiger partial charge in [0.15, 0.2) is 0 Å². The molecule has 5 heteroatoms. The van der Waals surface area contributed by atoms with Gasteiger partial charge in [-0.3, -0.25) is 4.79 Å². The molecule has 1 aromatic rings. The van der Waals surface area contributed by atoms with E-state index in [4.69, 9.17) is 0 Å². The van der Waals surface area contributed by atoms with Crippen molar-refractivity contribution >= 4 is 17.6 Å². The lowest BCUT2D eigenvalue weighted by Crippen LogP contribution is -2.33. The Balaban J connectivity index is 1.48. The Labute approximate surface area is 137 Å². The molecular weight excluding hydrogens is 290 g/mol. The molecule has 2 fully saturated rings. The lowest BCUT2D eigenvalue weighted by molar-refractivity contribution is 0.0951. The molecule has 5 nitrogen and oxygen atoms in total. The molecule has 2 aliphatic rings. The van der Waals surface area contributed by atoms with E-state index in [1.165, 1.54) is 32.1 Å². The summed E-state index contributed by atoms with van der Waals surface area (Å²) in [6.07, 6.45) is 8.39. The van der Waals surface area contributed by atoms with Crippen LogP contribution in [-0.2, 0) is 0 Å². The fourth-order valence-electron chi connectivity index (χ4n) is 3.04. The molecule has 2 saturated carbocycles. The average molecular weight is 315 g/mol. The van der Waals surface area contributed by atoms with Crippen molar-refractivity contribution < 1.29 is 9.59 Å². The normalized spacial score (nSPS) is 18.3. The van der Waals surface area contributed by atoms with Gasteiger partial charge in [0.25, 0.3) is 5.91 Å². The minimum absolute atomic E-state index is 0.0706. The number of benzene rings is 1. The van der Waals surface area contributed by atoms with E-state index in [9.17, 15) is 9.59 Å². The van der Waals surface area contributed by atoms with Crippen LogP contribution in [0.4, 0.5) is 10.5 Å². The van der Waals surface area contributed by atoms with Crippen molar-refractivity contribution in [2.24, 2.45) is 5.92 Å². The van der Waals surface area contributed by atoms with Crippen molar-refractivity contribution in [1.82, 2.24) is 10.6 Å². The van der Waals surface area contributed by atoms with Crippen LogP contribution in [0.1, 0.15) is 55.3 Å². The summed E-state index contributed by atoms with van der Waals surface area (Å²) in [5.41, 5.74) is 1.23. The maximum Gasteiger partial charge on any atom is 0.319 e. The molecule has 124 valence electrons. The molecule has 0 aromatic heterocycles. The van der Waals surface area contributed by atoms with Gasteiger partial charge in [-0.1, -0.05) is 25.3 Å². The van der Waals surface area contributed by atoms with Crippen LogP contribution >= 0.6 is 0 Å². The number of hydrogen-bond acceptors (Lipinski definition) is 2. The smallest absolute Gasteiger partial charge is 0.319 e. The van der Waals surface area contributed by atoms with Gasteiger partial charge < -0.3 is 16.0 Å². The highest BCUT2D eigenvalue weighted by Gasteiger charge is 2.23. The molecule has 0 bridgehead atoms. The zero-order chi connectivity index (χ0) is 16.1. The zero-order valence-corrected chi connectivity index (χ0v) is 13.4. The first-order valence-corrected chi connectivity index (χ1v) is 8.66. The lowest BCUT2D eigenvalue weighted by Gasteiger charge is -2.21. The number of carbonyl (C=O) groups excluding carboxylic acids is 2. The molecule has 23 heavy (non-hydrogen) atoms. The molecule has 0 aliphatic heterocycles. The highest BCUT2D eigenvalue weighted by Crippen LogP contribution is 2.23. The van der Waals surface area contributed by atoms with Gasteiger partial charge in [-0.05, 0) is 49.8 Å². The fourth-order valence-corrected chi connectivity index (χ4v) is 3.04. The summed E-state index contributed by atoms with van der Waals surface area (Å²) in [6.45, 7) is 0.730. The van der Waals surface area contributed by atoms with Crippen LogP contribution in [0.15, 0.2) is 24.3 Å². The predicted molar refractivity (Wildman–Crippen MR) is 90.5 cm³/mol. The second kappa shape index (κ2) is 7.49. The Kier molecular flexibility index (Phi) is 5.16. The molecular formula is C18H25N3O2. The number of urea groups is 1. The van der Waals surface area contributed by atoms with Crippen LogP contribution in [-0.4, -0.2) is 24.5 Å². The topological polar surface area (TPSA) is 70.2 Å². The van der Waals surface area contributed by atoms with Crippen molar-refractivity contribution in [3.63, 3.8) is 0 Å². The van der Waals surface area contributed by atoms with Crippen molar-refractivity contribution in [2.75, 3.05) is 11.9 Å². The van der Waals surface area contributed by atoms with Gasteiger partial charge in [-0.15, -0.1) is 0 Å². The maximum atomic E-state index is 12.0. The first-order chi connectivity index (χ1) is 11.2. The first kappa shape index (κ1) is 15.8. The summed E-state index contributed by atoms with van der Waals surface area (Å²) in [4.78, 5) is 24.0. The van der Waals surface area contributed by atoms with E-state index in [1.54, 1.807) is 24.3 Å². The molecule has 0 unspecified atom stereocenters. The van der Waals surface area contributed by atoms with Gasteiger partial charge in [0.05, 0.1) is 0 Å². The Bertz CT molecular complexity index is 563. The van der Waals surface area contributed by atoms with Crippen LogP contribution in [0.2, 0.25) is 0 Å². The molecule has 0 atom stereocenters. The third-order valence-electron chi connectivity index (χ3n) is 4.57. The monoisotopic (exact) mass is 315 g/mol. The standard InChI is InChI=1S/C18H25N3O2/c22-17(20-15-9-10-15)14-7-4-8-16(11-14)21-18(23)19-12-13-5-2-1-3-6-13/h4,7-8,11,13,15H,1-3,5-6,9-10,12H2,(H,20,22)(H2,19,21,23). The van der Waals surface area contributed by atoms with Crippen LogP contribution in [0.3, 0.4) is 0 Å². The van der Waals surface area contributed by atoms with E-state index in [1.807, 2.05) is 0 Å². The highest BCUT2D eigenvalue weighted by atomic mass is 16.2. The summed E-state index contributed by atoms with van der Waals surface area (Å²) in [5, 5.41) is 8.71. The molecule has 0 saturated heterocycles. The van der Waals surface area contributed by atoms with Crippen molar-refractivity contribution in [3.05, 3.63) is 29.8 Å². The largest absolute Gasteiger partial charge is 0.349 e. The van der Waals surface area contributed by atoms with Gasteiger partial charge in [0.2, 0.25) is 0 Å². The van der Waals surface area contributed by atoms with E-state index in [-0.39, 0.29) is 11.9 Å². The summed E-state index contributed by atoms with van der Waals surface area (Å²) >= 11 is 0. The van der Waals surface area contributed by atoms with E-state index in [0.29, 0.717) is 23.2 Å². The number of rotatable bonds is 5. The minimum Gasteiger partial charge on any atom is -0.349 e. The van der Waals surface area contributed by atoms with E-state index >= 15 is 0 Å². The van der Waals surface area contributed by atoms with Gasteiger partial charge in [0, 0.05) is 23.8 Å². The van der Waals surface area contributed by atoms with Crippen LogP contribution in [0, 0.1) is 5.92 Å². The second-order valence-electron chi connectivity index (χ2n) is 6.67. The molecule has 0 radical (unpaired) electrons. The van der Waals surface area contributed by atoms with Gasteiger partial charge >= 0.3 is 6.03 Å². The summed E-state index contributed by atoms with van der Waals surface area (Å²) in [6, 6.07) is 7.21. The number of anilines is 1. The highest BCUT2D eigenvalue weighted by molar-refractivity contribution is 5.97. The fraction of sp³-hybridized carbons (Fsp3) is 0.556. The average Bonchev–Trinajstić information content (AvgIpc) is 3.38. The van der Waals surface area contributed by atoms with Crippen molar-refractivity contribution in [1.29, 1.82) is 0 Å². The second-order valence-corrected chi connectivity index (χ2v) is 6.67. The number of carbonyl (C=O) groups is 2. The van der Waals surface area contributed by atoms with Crippen molar-refractivity contribution in [3.8, 4) is 0 Å².